The Bertz CT molecular complexity index is 1380. The van der Waals surface area contributed by atoms with Gasteiger partial charge in [-0.15, -0.1) is 13.2 Å². The predicted octanol–water partition coefficient (Wildman–Crippen LogP) is 4.14. The number of nitrogens with two attached hydrogens (primary N) is 1. The molecule has 0 saturated carbocycles. The molecule has 3 aromatic rings. The monoisotopic (exact) mass is 562 g/mol. The topological polar surface area (TPSA) is 97.9 Å². The molecule has 0 bridgehead atoms. The number of piperazine rings is 1. The third kappa shape index (κ3) is 6.98. The molecule has 1 fully saturated rings. The number of Topliss-reactive ketones (excluding diaryl/α,β-unsaturated/α-hetero) is 1. The van der Waals surface area contributed by atoms with Gasteiger partial charge in [-0.2, -0.15) is 0 Å². The quantitative estimate of drug-likeness (QED) is 0.416. The SMILES string of the molecule is Cc1c(C(N)=O)cc(C(=O)CN2CCN(C(=O)c3ccc(Cl)cc3)CC2)n1Cc1cccc(OC(F)(F)F)c1. The Morgan fingerprint density at radius 2 is 1.67 bits per heavy atom. The molecule has 0 radical (unpaired) electrons. The van der Waals surface area contributed by atoms with Gasteiger partial charge in [0.15, 0.2) is 5.78 Å². The van der Waals surface area contributed by atoms with E-state index in [0.717, 1.165) is 0 Å². The highest BCUT2D eigenvalue weighted by molar-refractivity contribution is 6.30. The first-order chi connectivity index (χ1) is 18.4. The van der Waals surface area contributed by atoms with E-state index in [1.807, 2.05) is 4.90 Å². The second-order valence-corrected chi connectivity index (χ2v) is 9.61. The number of primary amides is 1. The van der Waals surface area contributed by atoms with E-state index in [-0.39, 0.29) is 41.8 Å². The van der Waals surface area contributed by atoms with E-state index in [9.17, 15) is 27.6 Å². The van der Waals surface area contributed by atoms with E-state index in [1.54, 1.807) is 46.7 Å². The van der Waals surface area contributed by atoms with E-state index in [2.05, 4.69) is 4.74 Å². The Morgan fingerprint density at radius 3 is 2.28 bits per heavy atom. The van der Waals surface area contributed by atoms with Crippen molar-refractivity contribution in [3.63, 3.8) is 0 Å². The molecule has 1 aliphatic rings. The largest absolute Gasteiger partial charge is 0.573 e. The lowest BCUT2D eigenvalue weighted by atomic mass is 10.1. The van der Waals surface area contributed by atoms with Gasteiger partial charge in [0.05, 0.1) is 17.8 Å². The van der Waals surface area contributed by atoms with E-state index in [4.69, 9.17) is 17.3 Å². The van der Waals surface area contributed by atoms with Crippen LogP contribution in [0.15, 0.2) is 54.6 Å². The molecule has 1 aromatic heterocycles. The summed E-state index contributed by atoms with van der Waals surface area (Å²) in [6, 6.07) is 13.5. The highest BCUT2D eigenvalue weighted by Crippen LogP contribution is 2.25. The average Bonchev–Trinajstić information content (AvgIpc) is 3.20. The van der Waals surface area contributed by atoms with Crippen molar-refractivity contribution in [3.05, 3.63) is 87.7 Å². The lowest BCUT2D eigenvalue weighted by Gasteiger charge is -2.34. The number of amides is 2. The molecule has 39 heavy (non-hydrogen) atoms. The Hall–Kier alpha value is -3.83. The number of rotatable bonds is 8. The predicted molar refractivity (Wildman–Crippen MR) is 138 cm³/mol. The van der Waals surface area contributed by atoms with Gasteiger partial charge >= 0.3 is 6.36 Å². The van der Waals surface area contributed by atoms with Crippen LogP contribution >= 0.6 is 11.6 Å². The molecule has 0 atom stereocenters. The summed E-state index contributed by atoms with van der Waals surface area (Å²) < 4.78 is 43.6. The van der Waals surface area contributed by atoms with Crippen molar-refractivity contribution in [2.75, 3.05) is 32.7 Å². The number of hydrogen-bond acceptors (Lipinski definition) is 5. The zero-order chi connectivity index (χ0) is 28.3. The van der Waals surface area contributed by atoms with Gasteiger partial charge in [-0.05, 0) is 55.0 Å². The first-order valence-electron chi connectivity index (χ1n) is 12.1. The summed E-state index contributed by atoms with van der Waals surface area (Å²) in [7, 11) is 0. The second-order valence-electron chi connectivity index (χ2n) is 9.17. The van der Waals surface area contributed by atoms with Gasteiger partial charge in [0, 0.05) is 49.0 Å². The van der Waals surface area contributed by atoms with Gasteiger partial charge in [0.2, 0.25) is 0 Å². The number of ketones is 1. The van der Waals surface area contributed by atoms with E-state index >= 15 is 0 Å². The fourth-order valence-corrected chi connectivity index (χ4v) is 4.65. The Balaban J connectivity index is 1.46. The number of carbonyl (C=O) groups is 3. The Labute approximate surface area is 227 Å². The van der Waals surface area contributed by atoms with Crippen LogP contribution in [0.3, 0.4) is 0 Å². The van der Waals surface area contributed by atoms with Crippen molar-refractivity contribution in [1.82, 2.24) is 14.4 Å². The summed E-state index contributed by atoms with van der Waals surface area (Å²) in [6.45, 7) is 3.45. The number of hydrogen-bond donors (Lipinski definition) is 1. The number of ether oxygens (including phenoxy) is 1. The fourth-order valence-electron chi connectivity index (χ4n) is 4.52. The molecule has 2 amide bonds. The normalized spacial score (nSPS) is 14.3. The minimum Gasteiger partial charge on any atom is -0.406 e. The molecule has 2 N–H and O–H groups in total. The highest BCUT2D eigenvalue weighted by Gasteiger charge is 2.31. The summed E-state index contributed by atoms with van der Waals surface area (Å²) in [5.41, 5.74) is 7.26. The summed E-state index contributed by atoms with van der Waals surface area (Å²) in [4.78, 5) is 41.7. The van der Waals surface area contributed by atoms with Crippen molar-refractivity contribution in [3.8, 4) is 5.75 Å². The van der Waals surface area contributed by atoms with Gasteiger partial charge in [-0.3, -0.25) is 19.3 Å². The smallest absolute Gasteiger partial charge is 0.406 e. The van der Waals surface area contributed by atoms with Crippen LogP contribution in [0.2, 0.25) is 5.02 Å². The minimum absolute atomic E-state index is 0.0264. The first kappa shape index (κ1) is 28.2. The van der Waals surface area contributed by atoms with Crippen LogP contribution in [0.5, 0.6) is 5.75 Å². The van der Waals surface area contributed by atoms with Crippen LogP contribution < -0.4 is 10.5 Å². The zero-order valence-corrected chi connectivity index (χ0v) is 21.8. The van der Waals surface area contributed by atoms with Gasteiger partial charge in [0.25, 0.3) is 11.8 Å². The molecule has 0 unspecified atom stereocenters. The van der Waals surface area contributed by atoms with E-state index in [0.29, 0.717) is 48.0 Å². The standard InChI is InChI=1S/C27H26ClF3N4O4/c1-17-22(25(32)37)14-23(35(17)15-18-3-2-4-21(13-18)39-27(29,30)31)24(36)16-33-9-11-34(12-10-33)26(38)19-5-7-20(28)8-6-19/h2-8,13-14H,9-12,15-16H2,1H3,(H2,32,37). The van der Waals surface area contributed by atoms with Crippen LogP contribution in [0.1, 0.15) is 42.5 Å². The lowest BCUT2D eigenvalue weighted by Crippen LogP contribution is -2.50. The molecular formula is C27H26ClF3N4O4. The summed E-state index contributed by atoms with van der Waals surface area (Å²) in [5.74, 6) is -1.52. The number of aromatic nitrogens is 1. The molecule has 0 aliphatic carbocycles. The molecule has 2 heterocycles. The third-order valence-corrected chi connectivity index (χ3v) is 6.76. The molecule has 4 rings (SSSR count). The van der Waals surface area contributed by atoms with Crippen LogP contribution in [-0.4, -0.2) is 71.1 Å². The number of halogens is 4. The molecular weight excluding hydrogens is 537 g/mol. The second kappa shape index (κ2) is 11.5. The summed E-state index contributed by atoms with van der Waals surface area (Å²) >= 11 is 5.90. The number of nitrogens with zero attached hydrogens (tertiary/aromatic N) is 3. The molecule has 206 valence electrons. The highest BCUT2D eigenvalue weighted by atomic mass is 35.5. The fraction of sp³-hybridized carbons (Fsp3) is 0.296. The Morgan fingerprint density at radius 1 is 1.00 bits per heavy atom. The molecule has 1 aliphatic heterocycles. The zero-order valence-electron chi connectivity index (χ0n) is 21.0. The van der Waals surface area contributed by atoms with Gasteiger partial charge in [-0.1, -0.05) is 23.7 Å². The van der Waals surface area contributed by atoms with Crippen molar-refractivity contribution in [2.45, 2.75) is 19.8 Å². The average molecular weight is 563 g/mol. The first-order valence-corrected chi connectivity index (χ1v) is 12.4. The van der Waals surface area contributed by atoms with Crippen LogP contribution in [-0.2, 0) is 6.54 Å². The van der Waals surface area contributed by atoms with E-state index in [1.165, 1.54) is 24.3 Å². The van der Waals surface area contributed by atoms with Crippen molar-refractivity contribution < 1.29 is 32.3 Å². The van der Waals surface area contributed by atoms with E-state index < -0.39 is 12.3 Å². The van der Waals surface area contributed by atoms with Crippen LogP contribution in [0.25, 0.3) is 0 Å². The molecule has 2 aromatic carbocycles. The summed E-state index contributed by atoms with van der Waals surface area (Å²) in [5, 5.41) is 0.539. The minimum atomic E-state index is -4.84. The number of carbonyl (C=O) groups excluding carboxylic acids is 3. The Kier molecular flexibility index (Phi) is 8.31. The maximum Gasteiger partial charge on any atom is 0.573 e. The van der Waals surface area contributed by atoms with Crippen LogP contribution in [0.4, 0.5) is 13.2 Å². The molecule has 12 heteroatoms. The van der Waals surface area contributed by atoms with Crippen molar-refractivity contribution >= 4 is 29.2 Å². The van der Waals surface area contributed by atoms with Crippen molar-refractivity contribution in [2.24, 2.45) is 5.73 Å². The number of alkyl halides is 3. The molecule has 0 spiro atoms. The van der Waals surface area contributed by atoms with Gasteiger partial charge in [-0.25, -0.2) is 0 Å². The maximum atomic E-state index is 13.4. The molecule has 8 nitrogen and oxygen atoms in total. The molecule has 1 saturated heterocycles. The van der Waals surface area contributed by atoms with Gasteiger partial charge in [0.1, 0.15) is 5.75 Å². The van der Waals surface area contributed by atoms with Crippen LogP contribution in [0, 0.1) is 6.92 Å². The maximum absolute atomic E-state index is 13.4. The van der Waals surface area contributed by atoms with Gasteiger partial charge < -0.3 is 19.9 Å². The lowest BCUT2D eigenvalue weighted by molar-refractivity contribution is -0.274. The third-order valence-electron chi connectivity index (χ3n) is 6.51. The summed E-state index contributed by atoms with van der Waals surface area (Å²) in [6.07, 6.45) is -4.84. The van der Waals surface area contributed by atoms with Crippen molar-refractivity contribution in [1.29, 1.82) is 0 Å². The number of benzene rings is 2.